The molecule has 0 bridgehead atoms. The van der Waals surface area contributed by atoms with Crippen LogP contribution in [-0.4, -0.2) is 38.4 Å². The number of carbonyl (C=O) groups excluding carboxylic acids is 1. The molecule has 0 aromatic heterocycles. The van der Waals surface area contributed by atoms with Crippen LogP contribution in [0.5, 0.6) is 0 Å². The molecule has 1 fully saturated rings. The number of benzene rings is 1. The van der Waals surface area contributed by atoms with Crippen molar-refractivity contribution in [3.8, 4) is 0 Å². The molecular formula is C14H20ClFN2O3S. The highest BCUT2D eigenvalue weighted by atomic mass is 35.5. The summed E-state index contributed by atoms with van der Waals surface area (Å²) >= 11 is 0. The molecule has 1 aromatic carbocycles. The molecule has 124 valence electrons. The monoisotopic (exact) mass is 350 g/mol. The van der Waals surface area contributed by atoms with Gasteiger partial charge in [0.1, 0.15) is 5.82 Å². The van der Waals surface area contributed by atoms with Gasteiger partial charge in [-0.25, -0.2) is 12.8 Å². The first kappa shape index (κ1) is 18.9. The molecule has 2 N–H and O–H groups in total. The average molecular weight is 351 g/mol. The number of hydrogen-bond acceptors (Lipinski definition) is 4. The highest BCUT2D eigenvalue weighted by molar-refractivity contribution is 7.92. The summed E-state index contributed by atoms with van der Waals surface area (Å²) in [7, 11) is -3.58. The lowest BCUT2D eigenvalue weighted by Gasteiger charge is -2.34. The predicted octanol–water partition coefficient (Wildman–Crippen LogP) is 1.66. The van der Waals surface area contributed by atoms with E-state index in [-0.39, 0.29) is 25.2 Å². The van der Waals surface area contributed by atoms with E-state index in [4.69, 9.17) is 0 Å². The second-order valence-electron chi connectivity index (χ2n) is 5.43. The molecular weight excluding hydrogens is 331 g/mol. The molecule has 0 radical (unpaired) electrons. The van der Waals surface area contributed by atoms with Crippen LogP contribution in [0, 0.1) is 12.7 Å². The Morgan fingerprint density at radius 3 is 2.45 bits per heavy atom. The Bertz CT molecular complexity index is 658. The Morgan fingerprint density at radius 2 is 1.91 bits per heavy atom. The maximum atomic E-state index is 13.3. The van der Waals surface area contributed by atoms with E-state index in [0.29, 0.717) is 24.3 Å². The van der Waals surface area contributed by atoms with Gasteiger partial charge in [0, 0.05) is 11.9 Å². The fraction of sp³-hybridized carbons (Fsp3) is 0.500. The Labute approximate surface area is 136 Å². The number of nitrogens with one attached hydrogen (secondary N) is 2. The largest absolute Gasteiger partial charge is 0.324 e. The Kier molecular flexibility index (Phi) is 5.95. The third-order valence-corrected chi connectivity index (χ3v) is 6.00. The number of piperidine rings is 1. The number of amides is 1. The number of halogens is 2. The van der Waals surface area contributed by atoms with Gasteiger partial charge in [0.05, 0.1) is 0 Å². The lowest BCUT2D eigenvalue weighted by molar-refractivity contribution is -0.119. The minimum Gasteiger partial charge on any atom is -0.324 e. The van der Waals surface area contributed by atoms with E-state index in [0.717, 1.165) is 6.26 Å². The van der Waals surface area contributed by atoms with Crippen molar-refractivity contribution in [3.05, 3.63) is 29.6 Å². The topological polar surface area (TPSA) is 75.3 Å². The first-order chi connectivity index (χ1) is 9.76. The minimum absolute atomic E-state index is 0. The number of hydrogen-bond donors (Lipinski definition) is 2. The number of carbonyl (C=O) groups is 1. The Balaban J connectivity index is 0.00000242. The van der Waals surface area contributed by atoms with Crippen LogP contribution in [0.15, 0.2) is 18.2 Å². The zero-order valence-corrected chi connectivity index (χ0v) is 14.1. The first-order valence-corrected chi connectivity index (χ1v) is 8.63. The molecule has 1 heterocycles. The highest BCUT2D eigenvalue weighted by Crippen LogP contribution is 2.30. The van der Waals surface area contributed by atoms with Gasteiger partial charge in [-0.2, -0.15) is 0 Å². The van der Waals surface area contributed by atoms with Crippen molar-refractivity contribution in [2.75, 3.05) is 24.7 Å². The third-order valence-electron chi connectivity index (χ3n) is 3.98. The van der Waals surface area contributed by atoms with Gasteiger partial charge in [-0.3, -0.25) is 4.79 Å². The lowest BCUT2D eigenvalue weighted by atomic mass is 9.95. The number of aryl methyl sites for hydroxylation is 1. The SMILES string of the molecule is Cc1ccc(F)cc1NC(=O)C1(S(C)(=O)=O)CCNCC1.Cl. The van der Waals surface area contributed by atoms with Crippen LogP contribution in [0.4, 0.5) is 10.1 Å². The normalized spacial score (nSPS) is 17.4. The number of sulfone groups is 1. The molecule has 0 saturated carbocycles. The molecule has 0 atom stereocenters. The quantitative estimate of drug-likeness (QED) is 0.869. The van der Waals surface area contributed by atoms with Gasteiger partial charge in [-0.15, -0.1) is 12.4 Å². The smallest absolute Gasteiger partial charge is 0.245 e. The molecule has 1 aromatic rings. The van der Waals surface area contributed by atoms with Crippen LogP contribution in [0.2, 0.25) is 0 Å². The lowest BCUT2D eigenvalue weighted by Crippen LogP contribution is -2.55. The Hall–Kier alpha value is -1.18. The highest BCUT2D eigenvalue weighted by Gasteiger charge is 2.48. The van der Waals surface area contributed by atoms with Gasteiger partial charge in [-0.05, 0) is 50.6 Å². The molecule has 1 aliphatic heterocycles. The van der Waals surface area contributed by atoms with Crippen molar-refractivity contribution in [1.82, 2.24) is 5.32 Å². The van der Waals surface area contributed by atoms with Crippen LogP contribution in [0.3, 0.4) is 0 Å². The summed E-state index contributed by atoms with van der Waals surface area (Å²) in [5.41, 5.74) is 0.990. The summed E-state index contributed by atoms with van der Waals surface area (Å²) in [6.07, 6.45) is 1.51. The second kappa shape index (κ2) is 6.93. The summed E-state index contributed by atoms with van der Waals surface area (Å²) < 4.78 is 36.1. The fourth-order valence-corrected chi connectivity index (χ4v) is 3.90. The summed E-state index contributed by atoms with van der Waals surface area (Å²) in [4.78, 5) is 12.6. The van der Waals surface area contributed by atoms with Gasteiger partial charge in [0.2, 0.25) is 5.91 Å². The molecule has 8 heteroatoms. The minimum atomic E-state index is -3.58. The van der Waals surface area contributed by atoms with Crippen LogP contribution < -0.4 is 10.6 Å². The molecule has 1 aliphatic rings. The van der Waals surface area contributed by atoms with E-state index >= 15 is 0 Å². The van der Waals surface area contributed by atoms with Gasteiger partial charge in [-0.1, -0.05) is 6.07 Å². The number of anilines is 1. The van der Waals surface area contributed by atoms with Crippen molar-refractivity contribution >= 4 is 33.8 Å². The molecule has 2 rings (SSSR count). The van der Waals surface area contributed by atoms with Crippen LogP contribution in [0.1, 0.15) is 18.4 Å². The van der Waals surface area contributed by atoms with Gasteiger partial charge >= 0.3 is 0 Å². The third kappa shape index (κ3) is 3.59. The fourth-order valence-electron chi connectivity index (χ4n) is 2.56. The zero-order valence-electron chi connectivity index (χ0n) is 12.5. The summed E-state index contributed by atoms with van der Waals surface area (Å²) in [5, 5.41) is 5.63. The second-order valence-corrected chi connectivity index (χ2v) is 7.76. The molecule has 1 saturated heterocycles. The van der Waals surface area contributed by atoms with E-state index in [9.17, 15) is 17.6 Å². The van der Waals surface area contributed by atoms with Gasteiger partial charge in [0.15, 0.2) is 14.6 Å². The molecule has 0 aliphatic carbocycles. The van der Waals surface area contributed by atoms with Crippen LogP contribution in [-0.2, 0) is 14.6 Å². The van der Waals surface area contributed by atoms with Crippen molar-refractivity contribution in [2.24, 2.45) is 0 Å². The van der Waals surface area contributed by atoms with E-state index < -0.39 is 26.3 Å². The van der Waals surface area contributed by atoms with Crippen LogP contribution >= 0.6 is 12.4 Å². The maximum Gasteiger partial charge on any atom is 0.245 e. The van der Waals surface area contributed by atoms with E-state index in [1.807, 2.05) is 0 Å². The van der Waals surface area contributed by atoms with Crippen LogP contribution in [0.25, 0.3) is 0 Å². The van der Waals surface area contributed by atoms with Crippen molar-refractivity contribution in [1.29, 1.82) is 0 Å². The maximum absolute atomic E-state index is 13.3. The summed E-state index contributed by atoms with van der Waals surface area (Å²) in [6.45, 7) is 2.65. The zero-order chi connectivity index (χ0) is 15.7. The molecule has 0 spiro atoms. The Morgan fingerprint density at radius 1 is 1.32 bits per heavy atom. The van der Waals surface area contributed by atoms with E-state index in [1.165, 1.54) is 12.1 Å². The van der Waals surface area contributed by atoms with E-state index in [2.05, 4.69) is 10.6 Å². The summed E-state index contributed by atoms with van der Waals surface area (Å²) in [6, 6.07) is 4.03. The van der Waals surface area contributed by atoms with Gasteiger partial charge in [0.25, 0.3) is 0 Å². The molecule has 22 heavy (non-hydrogen) atoms. The molecule has 5 nitrogen and oxygen atoms in total. The van der Waals surface area contributed by atoms with E-state index in [1.54, 1.807) is 13.0 Å². The van der Waals surface area contributed by atoms with Gasteiger partial charge < -0.3 is 10.6 Å². The van der Waals surface area contributed by atoms with Crippen molar-refractivity contribution in [2.45, 2.75) is 24.5 Å². The van der Waals surface area contributed by atoms with Crippen molar-refractivity contribution < 1.29 is 17.6 Å². The first-order valence-electron chi connectivity index (χ1n) is 6.74. The average Bonchev–Trinajstić information content (AvgIpc) is 2.42. The number of rotatable bonds is 3. The summed E-state index contributed by atoms with van der Waals surface area (Å²) in [5.74, 6) is -1.06. The standard InChI is InChI=1S/C14H19FN2O3S.ClH/c1-10-3-4-11(15)9-12(10)17-13(18)14(21(2,19)20)5-7-16-8-6-14;/h3-4,9,16H,5-8H2,1-2H3,(H,17,18);1H. The van der Waals surface area contributed by atoms with Crippen molar-refractivity contribution in [3.63, 3.8) is 0 Å². The molecule has 1 amide bonds. The predicted molar refractivity (Wildman–Crippen MR) is 86.7 cm³/mol. The molecule has 0 unspecified atom stereocenters.